The molecule has 21 heavy (non-hydrogen) atoms. The van der Waals surface area contributed by atoms with Crippen LogP contribution in [0.5, 0.6) is 0 Å². The first-order valence-electron chi connectivity index (χ1n) is 7.30. The van der Waals surface area contributed by atoms with E-state index in [1.165, 1.54) is 42.7 Å². The third kappa shape index (κ3) is 2.88. The molecule has 1 aromatic heterocycles. The summed E-state index contributed by atoms with van der Waals surface area (Å²) in [4.78, 5) is 12.8. The molecule has 2 aromatic rings. The maximum atomic E-state index is 13.3. The van der Waals surface area contributed by atoms with Crippen LogP contribution in [0.3, 0.4) is 0 Å². The van der Waals surface area contributed by atoms with E-state index in [-0.39, 0.29) is 11.7 Å². The molecule has 1 aliphatic carbocycles. The molecule has 0 bridgehead atoms. The summed E-state index contributed by atoms with van der Waals surface area (Å²) in [6.45, 7) is 2.95. The van der Waals surface area contributed by atoms with Gasteiger partial charge in [0.25, 0.3) is 5.91 Å². The molecule has 1 fully saturated rings. The Bertz CT molecular complexity index is 682. The van der Waals surface area contributed by atoms with Crippen LogP contribution >= 0.6 is 11.3 Å². The molecule has 5 heteroatoms. The normalized spacial score (nSPS) is 21.8. The van der Waals surface area contributed by atoms with Gasteiger partial charge in [-0.2, -0.15) is 0 Å². The first-order chi connectivity index (χ1) is 10.0. The maximum Gasteiger partial charge on any atom is 0.263 e. The molecule has 3 N–H and O–H groups in total. The van der Waals surface area contributed by atoms with Gasteiger partial charge in [0, 0.05) is 16.6 Å². The third-order valence-corrected chi connectivity index (χ3v) is 5.43. The number of rotatable bonds is 3. The Morgan fingerprint density at radius 2 is 2.29 bits per heavy atom. The first kappa shape index (κ1) is 14.3. The molecule has 0 radical (unpaired) electrons. The van der Waals surface area contributed by atoms with Gasteiger partial charge >= 0.3 is 0 Å². The number of carbonyl (C=O) groups excluding carboxylic acids is 1. The second-order valence-electron chi connectivity index (χ2n) is 5.98. The van der Waals surface area contributed by atoms with Gasteiger partial charge in [0.1, 0.15) is 10.7 Å². The quantitative estimate of drug-likeness (QED) is 0.906. The van der Waals surface area contributed by atoms with E-state index < -0.39 is 0 Å². The van der Waals surface area contributed by atoms with Crippen molar-refractivity contribution < 1.29 is 9.18 Å². The molecule has 0 spiro atoms. The zero-order valence-corrected chi connectivity index (χ0v) is 12.8. The van der Waals surface area contributed by atoms with E-state index in [9.17, 15) is 9.18 Å². The van der Waals surface area contributed by atoms with Gasteiger partial charge < -0.3 is 11.1 Å². The van der Waals surface area contributed by atoms with E-state index in [4.69, 9.17) is 5.73 Å². The molecule has 1 heterocycles. The van der Waals surface area contributed by atoms with Crippen molar-refractivity contribution in [2.45, 2.75) is 26.2 Å². The summed E-state index contributed by atoms with van der Waals surface area (Å²) in [7, 11) is 0. The minimum absolute atomic E-state index is 0.145. The van der Waals surface area contributed by atoms with Crippen LogP contribution in [0.4, 0.5) is 10.1 Å². The Hall–Kier alpha value is -1.62. The van der Waals surface area contributed by atoms with Gasteiger partial charge in [-0.15, -0.1) is 11.3 Å². The highest BCUT2D eigenvalue weighted by atomic mass is 32.1. The van der Waals surface area contributed by atoms with Crippen molar-refractivity contribution >= 4 is 33.0 Å². The van der Waals surface area contributed by atoms with Crippen molar-refractivity contribution in [3.05, 3.63) is 28.9 Å². The molecule has 3 rings (SSSR count). The molecule has 1 aliphatic rings. The van der Waals surface area contributed by atoms with Crippen molar-refractivity contribution in [3.8, 4) is 0 Å². The number of nitrogen functional groups attached to an aromatic ring is 1. The number of hydrogen-bond donors (Lipinski definition) is 2. The van der Waals surface area contributed by atoms with Crippen molar-refractivity contribution in [3.63, 3.8) is 0 Å². The highest BCUT2D eigenvalue weighted by Gasteiger charge is 2.23. The maximum absolute atomic E-state index is 13.3. The SMILES string of the molecule is CC1CCC(CNC(=O)c2sc3ccc(F)cc3c2N)C1. The summed E-state index contributed by atoms with van der Waals surface area (Å²) in [5.74, 6) is 0.842. The van der Waals surface area contributed by atoms with Crippen LogP contribution < -0.4 is 11.1 Å². The lowest BCUT2D eigenvalue weighted by Gasteiger charge is -2.10. The second kappa shape index (κ2) is 5.64. The van der Waals surface area contributed by atoms with E-state index in [0.29, 0.717) is 28.4 Å². The Balaban J connectivity index is 1.74. The summed E-state index contributed by atoms with van der Waals surface area (Å²) in [5, 5.41) is 3.60. The largest absolute Gasteiger partial charge is 0.397 e. The second-order valence-corrected chi connectivity index (χ2v) is 7.03. The van der Waals surface area contributed by atoms with Gasteiger partial charge in [-0.1, -0.05) is 13.3 Å². The third-order valence-electron chi connectivity index (χ3n) is 4.25. The van der Waals surface area contributed by atoms with E-state index in [1.54, 1.807) is 6.07 Å². The average molecular weight is 306 g/mol. The molecule has 0 saturated heterocycles. The molecule has 0 aliphatic heterocycles. The van der Waals surface area contributed by atoms with Crippen LogP contribution in [-0.4, -0.2) is 12.5 Å². The topological polar surface area (TPSA) is 55.1 Å². The molecular formula is C16H19FN2OS. The highest BCUT2D eigenvalue weighted by molar-refractivity contribution is 7.21. The molecule has 1 saturated carbocycles. The van der Waals surface area contributed by atoms with Gasteiger partial charge in [0.05, 0.1) is 5.69 Å². The lowest BCUT2D eigenvalue weighted by Crippen LogP contribution is -2.28. The Morgan fingerprint density at radius 3 is 3.00 bits per heavy atom. The molecule has 2 unspecified atom stereocenters. The number of halogens is 1. The van der Waals surface area contributed by atoms with Crippen LogP contribution in [0.25, 0.3) is 10.1 Å². The Kier molecular flexibility index (Phi) is 3.85. The van der Waals surface area contributed by atoms with Crippen LogP contribution in [0.2, 0.25) is 0 Å². The van der Waals surface area contributed by atoms with E-state index >= 15 is 0 Å². The summed E-state index contributed by atoms with van der Waals surface area (Å²) >= 11 is 1.32. The number of fused-ring (bicyclic) bond motifs is 1. The number of nitrogens with one attached hydrogen (secondary N) is 1. The summed E-state index contributed by atoms with van der Waals surface area (Å²) in [6, 6.07) is 4.44. The summed E-state index contributed by atoms with van der Waals surface area (Å²) in [6.07, 6.45) is 3.59. The average Bonchev–Trinajstić information content (AvgIpc) is 3.01. The van der Waals surface area contributed by atoms with Crippen LogP contribution in [-0.2, 0) is 0 Å². The minimum atomic E-state index is -0.334. The molecular weight excluding hydrogens is 287 g/mol. The van der Waals surface area contributed by atoms with Gasteiger partial charge in [0.2, 0.25) is 0 Å². The lowest BCUT2D eigenvalue weighted by atomic mass is 10.1. The molecule has 1 amide bonds. The fourth-order valence-electron chi connectivity index (χ4n) is 3.09. The van der Waals surface area contributed by atoms with Crippen molar-refractivity contribution in [1.29, 1.82) is 0 Å². The fraction of sp³-hybridized carbons (Fsp3) is 0.438. The minimum Gasteiger partial charge on any atom is -0.397 e. The van der Waals surface area contributed by atoms with Crippen molar-refractivity contribution in [1.82, 2.24) is 5.32 Å². The predicted octanol–water partition coefficient (Wildman–Crippen LogP) is 3.79. The lowest BCUT2D eigenvalue weighted by molar-refractivity contribution is 0.0952. The first-order valence-corrected chi connectivity index (χ1v) is 8.12. The van der Waals surface area contributed by atoms with E-state index in [1.807, 2.05) is 0 Å². The zero-order valence-electron chi connectivity index (χ0n) is 12.0. The van der Waals surface area contributed by atoms with E-state index in [2.05, 4.69) is 12.2 Å². The number of amides is 1. The van der Waals surface area contributed by atoms with Crippen LogP contribution in [0.15, 0.2) is 18.2 Å². The number of carbonyl (C=O) groups is 1. The van der Waals surface area contributed by atoms with Crippen molar-refractivity contribution in [2.24, 2.45) is 11.8 Å². The number of thiophene rings is 1. The van der Waals surface area contributed by atoms with Gasteiger partial charge in [-0.05, 0) is 42.9 Å². The fourth-order valence-corrected chi connectivity index (χ4v) is 4.10. The highest BCUT2D eigenvalue weighted by Crippen LogP contribution is 2.34. The Labute approximate surface area is 127 Å². The molecule has 3 nitrogen and oxygen atoms in total. The number of nitrogens with two attached hydrogens (primary N) is 1. The van der Waals surface area contributed by atoms with E-state index in [0.717, 1.165) is 10.6 Å². The molecule has 112 valence electrons. The summed E-state index contributed by atoms with van der Waals surface area (Å²) in [5.41, 5.74) is 6.38. The predicted molar refractivity (Wildman–Crippen MR) is 85.0 cm³/mol. The van der Waals surface area contributed by atoms with Crippen LogP contribution in [0, 0.1) is 17.7 Å². The summed E-state index contributed by atoms with van der Waals surface area (Å²) < 4.78 is 14.1. The van der Waals surface area contributed by atoms with Gasteiger partial charge in [-0.25, -0.2) is 4.39 Å². The number of hydrogen-bond acceptors (Lipinski definition) is 3. The number of benzene rings is 1. The van der Waals surface area contributed by atoms with Crippen molar-refractivity contribution in [2.75, 3.05) is 12.3 Å². The van der Waals surface area contributed by atoms with Gasteiger partial charge in [-0.3, -0.25) is 4.79 Å². The molecule has 2 atom stereocenters. The van der Waals surface area contributed by atoms with Crippen LogP contribution in [0.1, 0.15) is 35.9 Å². The molecule has 1 aromatic carbocycles. The zero-order chi connectivity index (χ0) is 15.0. The van der Waals surface area contributed by atoms with Gasteiger partial charge in [0.15, 0.2) is 0 Å². The Morgan fingerprint density at radius 1 is 1.48 bits per heavy atom. The smallest absolute Gasteiger partial charge is 0.263 e. The number of anilines is 1. The standard InChI is InChI=1S/C16H19FN2OS/c1-9-2-3-10(6-9)8-19-16(20)15-14(18)12-7-11(17)4-5-13(12)21-15/h4-5,7,9-10H,2-3,6,8,18H2,1H3,(H,19,20). The monoisotopic (exact) mass is 306 g/mol.